The summed E-state index contributed by atoms with van der Waals surface area (Å²) < 4.78 is 40.5. The van der Waals surface area contributed by atoms with Gasteiger partial charge in [0.05, 0.1) is 16.6 Å². The molecular formula is C17H17F3N2O3. The molecule has 0 fully saturated rings. The second-order valence-corrected chi connectivity index (χ2v) is 5.57. The van der Waals surface area contributed by atoms with Gasteiger partial charge in [0.1, 0.15) is 6.04 Å². The van der Waals surface area contributed by atoms with Crippen molar-refractivity contribution in [3.63, 3.8) is 0 Å². The van der Waals surface area contributed by atoms with Crippen molar-refractivity contribution in [3.05, 3.63) is 41.6 Å². The number of unbranched alkanes of at least 4 members (excludes halogenated alkanes) is 1. The van der Waals surface area contributed by atoms with Crippen molar-refractivity contribution in [1.29, 1.82) is 0 Å². The molecule has 1 amide bonds. The molecule has 2 rings (SSSR count). The van der Waals surface area contributed by atoms with Crippen LogP contribution in [0.15, 0.2) is 30.5 Å². The molecule has 0 unspecified atom stereocenters. The third-order valence-electron chi connectivity index (χ3n) is 3.75. The molecule has 0 aliphatic carbocycles. The SMILES string of the molecule is CCCC[C@H](NC(=O)c1cnc2ccccc2c1C(F)(F)F)C(=O)O. The Morgan fingerprint density at radius 1 is 1.28 bits per heavy atom. The lowest BCUT2D eigenvalue weighted by atomic mass is 10.0. The first-order valence-electron chi connectivity index (χ1n) is 7.74. The van der Waals surface area contributed by atoms with Gasteiger partial charge < -0.3 is 10.4 Å². The van der Waals surface area contributed by atoms with Crippen molar-refractivity contribution in [2.24, 2.45) is 0 Å². The van der Waals surface area contributed by atoms with Crippen LogP contribution in [-0.2, 0) is 11.0 Å². The number of para-hydroxylation sites is 1. The number of hydrogen-bond acceptors (Lipinski definition) is 3. The van der Waals surface area contributed by atoms with Crippen molar-refractivity contribution in [3.8, 4) is 0 Å². The highest BCUT2D eigenvalue weighted by Crippen LogP contribution is 2.36. The molecule has 1 atom stereocenters. The van der Waals surface area contributed by atoms with E-state index in [-0.39, 0.29) is 17.3 Å². The number of alkyl halides is 3. The Balaban J connectivity index is 2.45. The fourth-order valence-electron chi connectivity index (χ4n) is 2.52. The van der Waals surface area contributed by atoms with Gasteiger partial charge in [-0.2, -0.15) is 13.2 Å². The molecular weight excluding hydrogens is 337 g/mol. The molecule has 2 N–H and O–H groups in total. The second-order valence-electron chi connectivity index (χ2n) is 5.57. The van der Waals surface area contributed by atoms with E-state index < -0.39 is 35.2 Å². The van der Waals surface area contributed by atoms with E-state index in [0.29, 0.717) is 12.8 Å². The minimum Gasteiger partial charge on any atom is -0.480 e. The van der Waals surface area contributed by atoms with Gasteiger partial charge >= 0.3 is 12.1 Å². The normalized spacial score (nSPS) is 12.8. The molecule has 0 aliphatic heterocycles. The molecule has 0 saturated carbocycles. The number of carbonyl (C=O) groups excluding carboxylic acids is 1. The van der Waals surface area contributed by atoms with Crippen LogP contribution in [0, 0.1) is 0 Å². The molecule has 0 bridgehead atoms. The van der Waals surface area contributed by atoms with Gasteiger partial charge in [-0.05, 0) is 12.5 Å². The number of carboxylic acid groups (broad SMARTS) is 1. The predicted octanol–water partition coefficient (Wildman–Crippen LogP) is 3.63. The minimum absolute atomic E-state index is 0.104. The smallest absolute Gasteiger partial charge is 0.417 e. The molecule has 5 nitrogen and oxygen atoms in total. The van der Waals surface area contributed by atoms with Crippen LogP contribution in [0.2, 0.25) is 0 Å². The van der Waals surface area contributed by atoms with Crippen LogP contribution in [0.3, 0.4) is 0 Å². The Morgan fingerprint density at radius 3 is 2.56 bits per heavy atom. The number of nitrogens with zero attached hydrogens (tertiary/aromatic N) is 1. The molecule has 8 heteroatoms. The first-order chi connectivity index (χ1) is 11.8. The van der Waals surface area contributed by atoms with E-state index in [1.807, 2.05) is 6.92 Å². The minimum atomic E-state index is -4.78. The maximum Gasteiger partial charge on any atom is 0.417 e. The molecule has 134 valence electrons. The number of halogens is 3. The predicted molar refractivity (Wildman–Crippen MR) is 85.2 cm³/mol. The van der Waals surface area contributed by atoms with Gasteiger partial charge in [-0.1, -0.05) is 38.0 Å². The monoisotopic (exact) mass is 354 g/mol. The Bertz CT molecular complexity index is 790. The van der Waals surface area contributed by atoms with E-state index in [1.165, 1.54) is 18.2 Å². The summed E-state index contributed by atoms with van der Waals surface area (Å²) in [4.78, 5) is 27.4. The van der Waals surface area contributed by atoms with E-state index in [4.69, 9.17) is 5.11 Å². The number of rotatable bonds is 6. The maximum absolute atomic E-state index is 13.5. The van der Waals surface area contributed by atoms with E-state index in [2.05, 4.69) is 10.3 Å². The summed E-state index contributed by atoms with van der Waals surface area (Å²) in [7, 11) is 0. The van der Waals surface area contributed by atoms with Crippen molar-refractivity contribution in [1.82, 2.24) is 10.3 Å². The number of fused-ring (bicyclic) bond motifs is 1. The van der Waals surface area contributed by atoms with Gasteiger partial charge in [0.15, 0.2) is 0 Å². The van der Waals surface area contributed by atoms with Crippen molar-refractivity contribution >= 4 is 22.8 Å². The number of hydrogen-bond donors (Lipinski definition) is 2. The summed E-state index contributed by atoms with van der Waals surface area (Å²) in [6.45, 7) is 1.84. The third-order valence-corrected chi connectivity index (χ3v) is 3.75. The molecule has 0 spiro atoms. The molecule has 0 aliphatic rings. The maximum atomic E-state index is 13.5. The lowest BCUT2D eigenvalue weighted by Crippen LogP contribution is -2.41. The highest BCUT2D eigenvalue weighted by molar-refractivity contribution is 6.01. The summed E-state index contributed by atoms with van der Waals surface area (Å²) in [5, 5.41) is 11.1. The lowest BCUT2D eigenvalue weighted by Gasteiger charge is -2.18. The highest BCUT2D eigenvalue weighted by Gasteiger charge is 2.38. The zero-order valence-electron chi connectivity index (χ0n) is 13.4. The zero-order valence-corrected chi connectivity index (χ0v) is 13.4. The molecule has 0 saturated heterocycles. The van der Waals surface area contributed by atoms with Gasteiger partial charge in [0, 0.05) is 11.6 Å². The number of carboxylic acids is 1. The van der Waals surface area contributed by atoms with Crippen LogP contribution < -0.4 is 5.32 Å². The van der Waals surface area contributed by atoms with Crippen molar-refractivity contribution in [2.45, 2.75) is 38.4 Å². The van der Waals surface area contributed by atoms with Crippen molar-refractivity contribution in [2.75, 3.05) is 0 Å². The summed E-state index contributed by atoms with van der Waals surface area (Å²) in [6, 6.07) is 4.35. The van der Waals surface area contributed by atoms with Gasteiger partial charge in [-0.15, -0.1) is 0 Å². The summed E-state index contributed by atoms with van der Waals surface area (Å²) in [6.07, 6.45) is -2.58. The van der Waals surface area contributed by atoms with Gasteiger partial charge in [-0.3, -0.25) is 9.78 Å². The van der Waals surface area contributed by atoms with Crippen molar-refractivity contribution < 1.29 is 27.9 Å². The largest absolute Gasteiger partial charge is 0.480 e. The topological polar surface area (TPSA) is 79.3 Å². The van der Waals surface area contributed by atoms with E-state index in [1.54, 1.807) is 6.07 Å². The summed E-state index contributed by atoms with van der Waals surface area (Å²) in [5.74, 6) is -2.39. The van der Waals surface area contributed by atoms with Gasteiger partial charge in [0.2, 0.25) is 0 Å². The molecule has 25 heavy (non-hydrogen) atoms. The van der Waals surface area contributed by atoms with Crippen LogP contribution in [0.1, 0.15) is 42.1 Å². The molecule has 1 aromatic carbocycles. The number of carbonyl (C=O) groups is 2. The fourth-order valence-corrected chi connectivity index (χ4v) is 2.52. The first kappa shape index (κ1) is 18.7. The average Bonchev–Trinajstić information content (AvgIpc) is 2.56. The van der Waals surface area contributed by atoms with Gasteiger partial charge in [-0.25, -0.2) is 4.79 Å². The number of aliphatic carboxylic acids is 1. The Morgan fingerprint density at radius 2 is 1.96 bits per heavy atom. The van der Waals surface area contributed by atoms with Gasteiger partial charge in [0.25, 0.3) is 5.91 Å². The lowest BCUT2D eigenvalue weighted by molar-refractivity contribution is -0.139. The van der Waals surface area contributed by atoms with E-state index >= 15 is 0 Å². The molecule has 0 radical (unpaired) electrons. The number of benzene rings is 1. The standard InChI is InChI=1S/C17H17F3N2O3/c1-2-3-7-13(16(24)25)22-15(23)11-9-21-12-8-5-4-6-10(12)14(11)17(18,19)20/h4-6,8-9,13H,2-3,7H2,1H3,(H,22,23)(H,24,25)/t13-/m0/s1. The number of aromatic nitrogens is 1. The van der Waals surface area contributed by atoms with Crippen LogP contribution in [0.4, 0.5) is 13.2 Å². The molecule has 2 aromatic rings. The Labute approximate surface area is 141 Å². The van der Waals surface area contributed by atoms with Crippen LogP contribution >= 0.6 is 0 Å². The number of pyridine rings is 1. The second kappa shape index (κ2) is 7.50. The van der Waals surface area contributed by atoms with Crippen LogP contribution in [0.25, 0.3) is 10.9 Å². The zero-order chi connectivity index (χ0) is 18.6. The number of nitrogens with one attached hydrogen (secondary N) is 1. The summed E-state index contributed by atoms with van der Waals surface area (Å²) in [5.41, 5.74) is -1.70. The fraction of sp³-hybridized carbons (Fsp3) is 0.353. The number of amides is 1. The summed E-state index contributed by atoms with van der Waals surface area (Å²) >= 11 is 0. The average molecular weight is 354 g/mol. The quantitative estimate of drug-likeness (QED) is 0.830. The Hall–Kier alpha value is -2.64. The Kier molecular flexibility index (Phi) is 5.61. The molecule has 1 heterocycles. The van der Waals surface area contributed by atoms with E-state index in [9.17, 15) is 22.8 Å². The molecule has 1 aromatic heterocycles. The highest BCUT2D eigenvalue weighted by atomic mass is 19.4. The first-order valence-corrected chi connectivity index (χ1v) is 7.74. The van der Waals surface area contributed by atoms with E-state index in [0.717, 1.165) is 6.20 Å². The third kappa shape index (κ3) is 4.26. The van der Waals surface area contributed by atoms with Crippen LogP contribution in [0.5, 0.6) is 0 Å². The van der Waals surface area contributed by atoms with Crippen LogP contribution in [-0.4, -0.2) is 28.0 Å².